The largest absolute Gasteiger partial charge is 0.396 e. The van der Waals surface area contributed by atoms with Gasteiger partial charge in [0.2, 0.25) is 0 Å². The minimum Gasteiger partial charge on any atom is -0.396 e. The molecule has 0 fully saturated rings. The molecule has 0 bridgehead atoms. The minimum atomic E-state index is 0.134. The molecule has 0 aromatic rings. The first-order chi connectivity index (χ1) is 7.18. The highest BCUT2D eigenvalue weighted by Gasteiger charge is 2.21. The number of hydrogen-bond acceptors (Lipinski definition) is 2. The number of aliphatic hydroxyl groups is 2. The standard InChI is InChI=1S/C13H28O2/c1-3-4-9-13(2,12-15)10-7-5-6-8-11-14/h14-15H,3-12H2,1-2H3. The third-order valence-electron chi connectivity index (χ3n) is 3.20. The van der Waals surface area contributed by atoms with Crippen molar-refractivity contribution < 1.29 is 10.2 Å². The fourth-order valence-electron chi connectivity index (χ4n) is 1.90. The maximum Gasteiger partial charge on any atom is 0.0484 e. The molecule has 1 atom stereocenters. The van der Waals surface area contributed by atoms with Crippen LogP contribution < -0.4 is 0 Å². The Hall–Kier alpha value is -0.0800. The molecule has 2 nitrogen and oxygen atoms in total. The van der Waals surface area contributed by atoms with Crippen molar-refractivity contribution in [1.29, 1.82) is 0 Å². The predicted molar refractivity (Wildman–Crippen MR) is 64.9 cm³/mol. The molecule has 2 heteroatoms. The Morgan fingerprint density at radius 3 is 2.00 bits per heavy atom. The molecule has 0 amide bonds. The van der Waals surface area contributed by atoms with Crippen LogP contribution in [-0.2, 0) is 0 Å². The zero-order valence-corrected chi connectivity index (χ0v) is 10.5. The lowest BCUT2D eigenvalue weighted by Gasteiger charge is -2.27. The van der Waals surface area contributed by atoms with E-state index in [1.165, 1.54) is 25.7 Å². The molecule has 1 unspecified atom stereocenters. The second-order valence-electron chi connectivity index (χ2n) is 4.96. The van der Waals surface area contributed by atoms with Gasteiger partial charge in [0.1, 0.15) is 0 Å². The molecule has 0 aliphatic rings. The molecule has 92 valence electrons. The smallest absolute Gasteiger partial charge is 0.0484 e. The topological polar surface area (TPSA) is 40.5 Å². The number of rotatable bonds is 10. The van der Waals surface area contributed by atoms with E-state index in [1.54, 1.807) is 0 Å². The zero-order chi connectivity index (χ0) is 11.6. The first-order valence-corrected chi connectivity index (χ1v) is 6.40. The van der Waals surface area contributed by atoms with Crippen LogP contribution in [0.4, 0.5) is 0 Å². The summed E-state index contributed by atoms with van der Waals surface area (Å²) in [6, 6.07) is 0. The van der Waals surface area contributed by atoms with Gasteiger partial charge in [-0.1, -0.05) is 46.0 Å². The summed E-state index contributed by atoms with van der Waals surface area (Å²) in [5.74, 6) is 0. The van der Waals surface area contributed by atoms with E-state index >= 15 is 0 Å². The predicted octanol–water partition coefficient (Wildman–Crippen LogP) is 3.12. The average Bonchev–Trinajstić information content (AvgIpc) is 2.26. The van der Waals surface area contributed by atoms with Gasteiger partial charge in [0.15, 0.2) is 0 Å². The van der Waals surface area contributed by atoms with E-state index in [4.69, 9.17) is 5.11 Å². The third kappa shape index (κ3) is 7.80. The third-order valence-corrected chi connectivity index (χ3v) is 3.20. The van der Waals surface area contributed by atoms with Crippen LogP contribution in [0, 0.1) is 5.41 Å². The summed E-state index contributed by atoms with van der Waals surface area (Å²) in [4.78, 5) is 0. The van der Waals surface area contributed by atoms with Gasteiger partial charge in [-0.15, -0.1) is 0 Å². The van der Waals surface area contributed by atoms with Gasteiger partial charge in [0, 0.05) is 13.2 Å². The molecule has 0 spiro atoms. The second kappa shape index (κ2) is 9.17. The van der Waals surface area contributed by atoms with Gasteiger partial charge in [-0.25, -0.2) is 0 Å². The maximum absolute atomic E-state index is 9.37. The van der Waals surface area contributed by atoms with Gasteiger partial charge >= 0.3 is 0 Å². The second-order valence-corrected chi connectivity index (χ2v) is 4.96. The molecule has 2 N–H and O–H groups in total. The quantitative estimate of drug-likeness (QED) is 0.551. The number of hydrogen-bond donors (Lipinski definition) is 2. The van der Waals surface area contributed by atoms with Crippen LogP contribution in [0.2, 0.25) is 0 Å². The molecule has 0 saturated carbocycles. The molecule has 0 aliphatic heterocycles. The summed E-state index contributed by atoms with van der Waals surface area (Å²) < 4.78 is 0. The van der Waals surface area contributed by atoms with Crippen molar-refractivity contribution in [2.75, 3.05) is 13.2 Å². The lowest BCUT2D eigenvalue weighted by atomic mass is 9.81. The van der Waals surface area contributed by atoms with Crippen molar-refractivity contribution in [1.82, 2.24) is 0 Å². The lowest BCUT2D eigenvalue weighted by molar-refractivity contribution is 0.117. The highest BCUT2D eigenvalue weighted by Crippen LogP contribution is 2.30. The van der Waals surface area contributed by atoms with Crippen molar-refractivity contribution >= 4 is 0 Å². The van der Waals surface area contributed by atoms with Crippen molar-refractivity contribution in [3.63, 3.8) is 0 Å². The number of aliphatic hydroxyl groups excluding tert-OH is 2. The van der Waals surface area contributed by atoms with E-state index in [9.17, 15) is 5.11 Å². The fraction of sp³-hybridized carbons (Fsp3) is 1.00. The first-order valence-electron chi connectivity index (χ1n) is 6.40. The van der Waals surface area contributed by atoms with E-state index in [0.717, 1.165) is 25.7 Å². The molecule has 0 radical (unpaired) electrons. The van der Waals surface area contributed by atoms with Crippen LogP contribution in [0.15, 0.2) is 0 Å². The van der Waals surface area contributed by atoms with E-state index in [2.05, 4.69) is 13.8 Å². The Kier molecular flexibility index (Phi) is 9.12. The molecule has 15 heavy (non-hydrogen) atoms. The zero-order valence-electron chi connectivity index (χ0n) is 10.5. The summed E-state index contributed by atoms with van der Waals surface area (Å²) >= 11 is 0. The highest BCUT2D eigenvalue weighted by atomic mass is 16.3. The van der Waals surface area contributed by atoms with Gasteiger partial charge in [0.25, 0.3) is 0 Å². The minimum absolute atomic E-state index is 0.134. The molecule has 0 heterocycles. The summed E-state index contributed by atoms with van der Waals surface area (Å²) in [7, 11) is 0. The van der Waals surface area contributed by atoms with Crippen LogP contribution in [-0.4, -0.2) is 23.4 Å². The van der Waals surface area contributed by atoms with Gasteiger partial charge in [-0.2, -0.15) is 0 Å². The Bertz CT molecular complexity index is 136. The van der Waals surface area contributed by atoms with Crippen LogP contribution in [0.1, 0.15) is 65.2 Å². The Morgan fingerprint density at radius 1 is 0.867 bits per heavy atom. The van der Waals surface area contributed by atoms with Crippen LogP contribution >= 0.6 is 0 Å². The monoisotopic (exact) mass is 216 g/mol. The summed E-state index contributed by atoms with van der Waals surface area (Å²) in [6.07, 6.45) is 9.09. The Labute approximate surface area is 94.7 Å². The van der Waals surface area contributed by atoms with Crippen LogP contribution in [0.3, 0.4) is 0 Å². The van der Waals surface area contributed by atoms with Gasteiger partial charge < -0.3 is 10.2 Å². The van der Waals surface area contributed by atoms with Gasteiger partial charge in [0.05, 0.1) is 0 Å². The van der Waals surface area contributed by atoms with Crippen molar-refractivity contribution in [2.24, 2.45) is 5.41 Å². The fourth-order valence-corrected chi connectivity index (χ4v) is 1.90. The summed E-state index contributed by atoms with van der Waals surface area (Å²) in [5.41, 5.74) is 0.134. The molecule has 0 aliphatic carbocycles. The molecular weight excluding hydrogens is 188 g/mol. The van der Waals surface area contributed by atoms with E-state index in [-0.39, 0.29) is 5.41 Å². The van der Waals surface area contributed by atoms with Crippen molar-refractivity contribution in [3.8, 4) is 0 Å². The molecular formula is C13H28O2. The normalized spacial score (nSPS) is 15.2. The summed E-state index contributed by atoms with van der Waals surface area (Å²) in [5, 5.41) is 18.0. The first kappa shape index (κ1) is 14.9. The van der Waals surface area contributed by atoms with Crippen molar-refractivity contribution in [3.05, 3.63) is 0 Å². The molecule has 0 saturated heterocycles. The Balaban J connectivity index is 3.58. The molecule has 0 aromatic carbocycles. The SMILES string of the molecule is CCCCC(C)(CO)CCCCCCO. The van der Waals surface area contributed by atoms with Gasteiger partial charge in [-0.05, 0) is 24.7 Å². The van der Waals surface area contributed by atoms with Crippen LogP contribution in [0.25, 0.3) is 0 Å². The van der Waals surface area contributed by atoms with E-state index in [1.807, 2.05) is 0 Å². The van der Waals surface area contributed by atoms with Crippen molar-refractivity contribution in [2.45, 2.75) is 65.2 Å². The van der Waals surface area contributed by atoms with Gasteiger partial charge in [-0.3, -0.25) is 0 Å². The average molecular weight is 216 g/mol. The summed E-state index contributed by atoms with van der Waals surface area (Å²) in [6.45, 7) is 5.01. The number of unbranched alkanes of at least 4 members (excludes halogenated alkanes) is 4. The maximum atomic E-state index is 9.37. The highest BCUT2D eigenvalue weighted by molar-refractivity contribution is 4.73. The molecule has 0 aromatic heterocycles. The van der Waals surface area contributed by atoms with E-state index in [0.29, 0.717) is 13.2 Å². The van der Waals surface area contributed by atoms with Crippen LogP contribution in [0.5, 0.6) is 0 Å². The van der Waals surface area contributed by atoms with E-state index < -0.39 is 0 Å². The lowest BCUT2D eigenvalue weighted by Crippen LogP contribution is -2.21. The molecule has 0 rings (SSSR count). The Morgan fingerprint density at radius 2 is 1.47 bits per heavy atom.